The van der Waals surface area contributed by atoms with E-state index in [2.05, 4.69) is 6.92 Å². The summed E-state index contributed by atoms with van der Waals surface area (Å²) in [6.07, 6.45) is 5.54. The number of hydrogen-bond donors (Lipinski definition) is 3. The summed E-state index contributed by atoms with van der Waals surface area (Å²) in [4.78, 5) is 23.6. The number of aliphatic carboxylic acids is 1. The summed E-state index contributed by atoms with van der Waals surface area (Å²) < 4.78 is 5.71. The number of aliphatic hydroxyl groups excluding tert-OH is 2. The Morgan fingerprint density at radius 1 is 1.10 bits per heavy atom. The van der Waals surface area contributed by atoms with Gasteiger partial charge in [0.25, 0.3) is 0 Å². The zero-order valence-electron chi connectivity index (χ0n) is 18.3. The first-order chi connectivity index (χ1) is 13.7. The van der Waals surface area contributed by atoms with E-state index in [1.807, 2.05) is 13.8 Å². The van der Waals surface area contributed by atoms with E-state index in [1.165, 1.54) is 6.42 Å². The molecule has 0 unspecified atom stereocenters. The predicted molar refractivity (Wildman–Crippen MR) is 110 cm³/mol. The first kappa shape index (κ1) is 24.1. The van der Waals surface area contributed by atoms with Gasteiger partial charge < -0.3 is 20.1 Å². The lowest BCUT2D eigenvalue weighted by molar-refractivity contribution is -0.161. The lowest BCUT2D eigenvalue weighted by atomic mass is 9.57. The van der Waals surface area contributed by atoms with Crippen LogP contribution in [0.4, 0.5) is 0 Å². The van der Waals surface area contributed by atoms with Crippen LogP contribution in [-0.2, 0) is 14.3 Å². The van der Waals surface area contributed by atoms with Crippen molar-refractivity contribution >= 4 is 11.9 Å². The lowest BCUT2D eigenvalue weighted by Gasteiger charge is -2.48. The number of carbonyl (C=O) groups is 2. The number of carbonyl (C=O) groups excluding carboxylic acids is 1. The van der Waals surface area contributed by atoms with Crippen LogP contribution < -0.4 is 0 Å². The van der Waals surface area contributed by atoms with Gasteiger partial charge in [0.1, 0.15) is 0 Å². The molecule has 8 atom stereocenters. The largest absolute Gasteiger partial charge is 0.481 e. The highest BCUT2D eigenvalue weighted by atomic mass is 16.5. The second-order valence-corrected chi connectivity index (χ2v) is 9.47. The molecule has 6 nitrogen and oxygen atoms in total. The van der Waals surface area contributed by atoms with Gasteiger partial charge in [0, 0.05) is 0 Å². The van der Waals surface area contributed by atoms with Crippen molar-refractivity contribution in [2.45, 2.75) is 103 Å². The highest BCUT2D eigenvalue weighted by Gasteiger charge is 2.46. The number of aliphatic hydroxyl groups is 2. The van der Waals surface area contributed by atoms with E-state index in [-0.39, 0.29) is 30.8 Å². The van der Waals surface area contributed by atoms with Crippen LogP contribution in [0, 0.1) is 29.6 Å². The standard InChI is InChI=1S/C23H40O6/c1-4-15(3)29-23(28)20-7-5-6-16-9-8-14(2)19(22(16)20)11-10-17(24)12-18(25)13-21(26)27/h14-20,22,24-25H,4-13H2,1-3H3,(H,26,27)/t14-,15-,16+,17+,18+,19-,20-,22-/m0/s1. The molecule has 0 radical (unpaired) electrons. The summed E-state index contributed by atoms with van der Waals surface area (Å²) in [7, 11) is 0. The second-order valence-electron chi connectivity index (χ2n) is 9.47. The van der Waals surface area contributed by atoms with Crippen LogP contribution in [0.1, 0.15) is 85.0 Å². The van der Waals surface area contributed by atoms with Crippen LogP contribution in [0.5, 0.6) is 0 Å². The third kappa shape index (κ3) is 6.95. The molecule has 3 N–H and O–H groups in total. The molecule has 2 fully saturated rings. The molecular weight excluding hydrogens is 372 g/mol. The van der Waals surface area contributed by atoms with E-state index in [0.717, 1.165) is 38.5 Å². The van der Waals surface area contributed by atoms with E-state index in [4.69, 9.17) is 9.84 Å². The smallest absolute Gasteiger partial charge is 0.309 e. The Morgan fingerprint density at radius 2 is 1.83 bits per heavy atom. The van der Waals surface area contributed by atoms with Gasteiger partial charge in [0.2, 0.25) is 0 Å². The van der Waals surface area contributed by atoms with Crippen molar-refractivity contribution in [3.63, 3.8) is 0 Å². The van der Waals surface area contributed by atoms with Gasteiger partial charge in [0.05, 0.1) is 30.7 Å². The number of hydrogen-bond acceptors (Lipinski definition) is 5. The van der Waals surface area contributed by atoms with Crippen molar-refractivity contribution in [2.75, 3.05) is 0 Å². The van der Waals surface area contributed by atoms with Gasteiger partial charge in [-0.1, -0.05) is 33.1 Å². The van der Waals surface area contributed by atoms with E-state index < -0.39 is 18.2 Å². The van der Waals surface area contributed by atoms with Gasteiger partial charge in [0.15, 0.2) is 0 Å². The van der Waals surface area contributed by atoms with Crippen LogP contribution in [0.2, 0.25) is 0 Å². The minimum atomic E-state index is -1.06. The number of fused-ring (bicyclic) bond motifs is 1. The molecule has 0 saturated heterocycles. The monoisotopic (exact) mass is 412 g/mol. The molecule has 0 spiro atoms. The summed E-state index contributed by atoms with van der Waals surface area (Å²) in [5.74, 6) is 0.544. The molecule has 168 valence electrons. The van der Waals surface area contributed by atoms with Crippen LogP contribution >= 0.6 is 0 Å². The average molecular weight is 413 g/mol. The van der Waals surface area contributed by atoms with Gasteiger partial charge in [-0.05, 0) is 69.1 Å². The van der Waals surface area contributed by atoms with Crippen molar-refractivity contribution in [2.24, 2.45) is 29.6 Å². The van der Waals surface area contributed by atoms with E-state index in [9.17, 15) is 19.8 Å². The Hall–Kier alpha value is -1.14. The van der Waals surface area contributed by atoms with Gasteiger partial charge in [-0.15, -0.1) is 0 Å². The molecule has 6 heteroatoms. The molecule has 2 aliphatic carbocycles. The minimum absolute atomic E-state index is 0.0504. The van der Waals surface area contributed by atoms with Crippen LogP contribution in [0.3, 0.4) is 0 Å². The maximum Gasteiger partial charge on any atom is 0.309 e. The Balaban J connectivity index is 2.01. The Kier molecular flexibility index (Phi) is 9.41. The summed E-state index contributed by atoms with van der Waals surface area (Å²) in [6.45, 7) is 6.21. The van der Waals surface area contributed by atoms with Crippen molar-refractivity contribution in [1.29, 1.82) is 0 Å². The molecule has 0 aromatic heterocycles. The molecule has 0 heterocycles. The third-order valence-corrected chi connectivity index (χ3v) is 7.30. The highest BCUT2D eigenvalue weighted by molar-refractivity contribution is 5.73. The number of ether oxygens (including phenoxy) is 1. The normalized spacial score (nSPS) is 32.7. The number of carboxylic acid groups (broad SMARTS) is 1. The predicted octanol–water partition coefficient (Wildman–Crippen LogP) is 3.77. The Morgan fingerprint density at radius 3 is 2.48 bits per heavy atom. The third-order valence-electron chi connectivity index (χ3n) is 7.30. The summed E-state index contributed by atoms with van der Waals surface area (Å²) in [5, 5.41) is 28.9. The molecule has 0 bridgehead atoms. The fourth-order valence-corrected chi connectivity index (χ4v) is 5.59. The van der Waals surface area contributed by atoms with E-state index >= 15 is 0 Å². The molecule has 0 amide bonds. The molecule has 0 aliphatic heterocycles. The zero-order chi connectivity index (χ0) is 21.6. The SMILES string of the molecule is CC[C@H](C)OC(=O)[C@H]1CCC[C@@H]2CC[C@H](C)[C@H](CC[C@@H](O)C[C@@H](O)CC(=O)O)[C@H]21. The maximum absolute atomic E-state index is 12.9. The van der Waals surface area contributed by atoms with E-state index in [1.54, 1.807) is 0 Å². The first-order valence-electron chi connectivity index (χ1n) is 11.5. The fraction of sp³-hybridized carbons (Fsp3) is 0.913. The molecular formula is C23H40O6. The van der Waals surface area contributed by atoms with Crippen LogP contribution in [0.15, 0.2) is 0 Å². The van der Waals surface area contributed by atoms with E-state index in [0.29, 0.717) is 30.1 Å². The molecule has 2 saturated carbocycles. The van der Waals surface area contributed by atoms with Gasteiger partial charge in [-0.2, -0.15) is 0 Å². The topological polar surface area (TPSA) is 104 Å². The second kappa shape index (κ2) is 11.3. The Labute approximate surface area is 175 Å². The number of esters is 1. The minimum Gasteiger partial charge on any atom is -0.481 e. The van der Waals surface area contributed by atoms with Crippen molar-refractivity contribution in [3.05, 3.63) is 0 Å². The molecule has 0 aromatic rings. The van der Waals surface area contributed by atoms with Crippen LogP contribution in [0.25, 0.3) is 0 Å². The molecule has 29 heavy (non-hydrogen) atoms. The zero-order valence-corrected chi connectivity index (χ0v) is 18.3. The summed E-state index contributed by atoms with van der Waals surface area (Å²) >= 11 is 0. The van der Waals surface area contributed by atoms with Gasteiger partial charge in [-0.25, -0.2) is 0 Å². The number of carboxylic acids is 1. The average Bonchev–Trinajstić information content (AvgIpc) is 2.65. The van der Waals surface area contributed by atoms with Crippen molar-refractivity contribution < 1.29 is 29.6 Å². The first-order valence-corrected chi connectivity index (χ1v) is 11.5. The van der Waals surface area contributed by atoms with Crippen molar-refractivity contribution in [1.82, 2.24) is 0 Å². The highest BCUT2D eigenvalue weighted by Crippen LogP contribution is 2.51. The van der Waals surface area contributed by atoms with Crippen molar-refractivity contribution in [3.8, 4) is 0 Å². The summed E-state index contributed by atoms with van der Waals surface area (Å²) in [5.41, 5.74) is 0. The lowest BCUT2D eigenvalue weighted by Crippen LogP contribution is -2.44. The maximum atomic E-state index is 12.9. The molecule has 2 aliphatic rings. The van der Waals surface area contributed by atoms with Crippen LogP contribution in [-0.4, -0.2) is 45.6 Å². The number of rotatable bonds is 10. The molecule has 0 aromatic carbocycles. The van der Waals surface area contributed by atoms with Gasteiger partial charge >= 0.3 is 11.9 Å². The summed E-state index contributed by atoms with van der Waals surface area (Å²) in [6, 6.07) is 0. The fourth-order valence-electron chi connectivity index (χ4n) is 5.59. The quantitative estimate of drug-likeness (QED) is 0.472. The molecule has 2 rings (SSSR count). The Bertz CT molecular complexity index is 535. The van der Waals surface area contributed by atoms with Gasteiger partial charge in [-0.3, -0.25) is 9.59 Å².